The van der Waals surface area contributed by atoms with Crippen LogP contribution in [-0.4, -0.2) is 28.3 Å². The van der Waals surface area contributed by atoms with Crippen molar-refractivity contribution in [3.63, 3.8) is 0 Å². The Bertz CT molecular complexity index is 331. The monoisotopic (exact) mass is 211 g/mol. The van der Waals surface area contributed by atoms with Crippen molar-refractivity contribution < 1.29 is 4.79 Å². The molecule has 0 radical (unpaired) electrons. The van der Waals surface area contributed by atoms with Crippen LogP contribution in [-0.2, 0) is 0 Å². The van der Waals surface area contributed by atoms with Gasteiger partial charge in [0.05, 0.1) is 0 Å². The van der Waals surface area contributed by atoms with Gasteiger partial charge in [-0.2, -0.15) is 4.37 Å². The first-order chi connectivity index (χ1) is 6.77. The molecule has 1 amide bonds. The zero-order chi connectivity index (χ0) is 9.97. The molecule has 14 heavy (non-hydrogen) atoms. The van der Waals surface area contributed by atoms with Gasteiger partial charge in [-0.15, -0.1) is 0 Å². The molecule has 1 aliphatic rings. The van der Waals surface area contributed by atoms with Gasteiger partial charge >= 0.3 is 0 Å². The number of piperidine rings is 1. The summed E-state index contributed by atoms with van der Waals surface area (Å²) in [7, 11) is 0. The van der Waals surface area contributed by atoms with Crippen molar-refractivity contribution in [1.82, 2.24) is 9.27 Å². The van der Waals surface area contributed by atoms with Crippen LogP contribution in [0.1, 0.15) is 28.9 Å². The molecule has 0 aromatic carbocycles. The molecule has 1 aromatic rings. The Morgan fingerprint density at radius 3 is 2.71 bits per heavy atom. The van der Waals surface area contributed by atoms with Gasteiger partial charge in [-0.25, -0.2) is 0 Å². The van der Waals surface area contributed by atoms with Crippen LogP contribution in [0.4, 0.5) is 5.82 Å². The van der Waals surface area contributed by atoms with Gasteiger partial charge in [0, 0.05) is 19.2 Å². The van der Waals surface area contributed by atoms with Gasteiger partial charge in [0.1, 0.15) is 10.7 Å². The molecule has 0 unspecified atom stereocenters. The lowest BCUT2D eigenvalue weighted by molar-refractivity contribution is 0.0729. The van der Waals surface area contributed by atoms with E-state index in [9.17, 15) is 4.79 Å². The quantitative estimate of drug-likeness (QED) is 0.762. The summed E-state index contributed by atoms with van der Waals surface area (Å²) in [6, 6.07) is 1.65. The summed E-state index contributed by atoms with van der Waals surface area (Å²) in [5, 5.41) is 0. The van der Waals surface area contributed by atoms with Crippen molar-refractivity contribution in [2.45, 2.75) is 19.3 Å². The Morgan fingerprint density at radius 1 is 1.43 bits per heavy atom. The molecule has 0 saturated carbocycles. The summed E-state index contributed by atoms with van der Waals surface area (Å²) in [6.45, 7) is 1.74. The number of anilines is 1. The van der Waals surface area contributed by atoms with Crippen molar-refractivity contribution in [3.05, 3.63) is 10.9 Å². The second-order valence-corrected chi connectivity index (χ2v) is 4.27. The minimum atomic E-state index is 0.0823. The fourth-order valence-corrected chi connectivity index (χ4v) is 2.28. The number of likely N-dealkylation sites (tertiary alicyclic amines) is 1. The summed E-state index contributed by atoms with van der Waals surface area (Å²) in [5.74, 6) is 0.522. The molecule has 76 valence electrons. The van der Waals surface area contributed by atoms with Crippen LogP contribution >= 0.6 is 11.5 Å². The standard InChI is InChI=1S/C9H13N3OS/c10-8-6-7(14-11-8)9(13)12-4-2-1-3-5-12/h6H,1-5H2,(H2,10,11). The molecule has 2 heterocycles. The Kier molecular flexibility index (Phi) is 2.67. The smallest absolute Gasteiger partial charge is 0.265 e. The van der Waals surface area contributed by atoms with Crippen LogP contribution in [0, 0.1) is 0 Å². The minimum Gasteiger partial charge on any atom is -0.383 e. The maximum Gasteiger partial charge on any atom is 0.265 e. The molecule has 1 fully saturated rings. The van der Waals surface area contributed by atoms with E-state index in [0.717, 1.165) is 25.9 Å². The lowest BCUT2D eigenvalue weighted by Gasteiger charge is -2.25. The molecule has 5 heteroatoms. The number of aromatic nitrogens is 1. The number of nitrogen functional groups attached to an aromatic ring is 1. The summed E-state index contributed by atoms with van der Waals surface area (Å²) >= 11 is 1.19. The van der Waals surface area contributed by atoms with E-state index in [1.165, 1.54) is 18.0 Å². The lowest BCUT2D eigenvalue weighted by atomic mass is 10.1. The van der Waals surface area contributed by atoms with Crippen molar-refractivity contribution in [3.8, 4) is 0 Å². The number of carbonyl (C=O) groups is 1. The van der Waals surface area contributed by atoms with Crippen LogP contribution in [0.2, 0.25) is 0 Å². The zero-order valence-corrected chi connectivity index (χ0v) is 8.72. The second-order valence-electron chi connectivity index (χ2n) is 3.47. The fourth-order valence-electron chi connectivity index (χ4n) is 1.64. The summed E-state index contributed by atoms with van der Waals surface area (Å²) in [4.78, 5) is 14.4. The van der Waals surface area contributed by atoms with Crippen molar-refractivity contribution in [1.29, 1.82) is 0 Å². The maximum atomic E-state index is 11.9. The normalized spacial score (nSPS) is 17.0. The first-order valence-electron chi connectivity index (χ1n) is 4.79. The number of nitrogens with zero attached hydrogens (tertiary/aromatic N) is 2. The van der Waals surface area contributed by atoms with E-state index in [2.05, 4.69) is 4.37 Å². The molecular weight excluding hydrogens is 198 g/mol. The molecule has 0 atom stereocenters. The predicted octanol–water partition coefficient (Wildman–Crippen LogP) is 1.35. The van der Waals surface area contributed by atoms with Crippen molar-refractivity contribution in [2.75, 3.05) is 18.8 Å². The molecular formula is C9H13N3OS. The van der Waals surface area contributed by atoms with Crippen molar-refractivity contribution in [2.24, 2.45) is 0 Å². The average Bonchev–Trinajstić information content (AvgIpc) is 2.65. The number of hydrogen-bond acceptors (Lipinski definition) is 4. The molecule has 2 N–H and O–H groups in total. The summed E-state index contributed by atoms with van der Waals surface area (Å²) < 4.78 is 3.90. The van der Waals surface area contributed by atoms with Crippen LogP contribution < -0.4 is 5.73 Å². The number of carbonyl (C=O) groups excluding carboxylic acids is 1. The highest BCUT2D eigenvalue weighted by molar-refractivity contribution is 7.08. The van der Waals surface area contributed by atoms with E-state index in [4.69, 9.17) is 5.73 Å². The van der Waals surface area contributed by atoms with E-state index in [1.807, 2.05) is 4.90 Å². The SMILES string of the molecule is Nc1cc(C(=O)N2CCCCC2)sn1. The van der Waals surface area contributed by atoms with Crippen LogP contribution in [0.15, 0.2) is 6.07 Å². The van der Waals surface area contributed by atoms with Gasteiger partial charge in [0.15, 0.2) is 0 Å². The number of rotatable bonds is 1. The molecule has 0 spiro atoms. The molecule has 4 nitrogen and oxygen atoms in total. The first kappa shape index (κ1) is 9.45. The molecule has 0 aliphatic carbocycles. The third-order valence-corrected chi connectivity index (χ3v) is 3.17. The van der Waals surface area contributed by atoms with E-state index in [1.54, 1.807) is 6.07 Å². The van der Waals surface area contributed by atoms with Crippen LogP contribution in [0.25, 0.3) is 0 Å². The number of amides is 1. The Labute approximate surface area is 86.9 Å². The first-order valence-corrected chi connectivity index (χ1v) is 5.56. The fraction of sp³-hybridized carbons (Fsp3) is 0.556. The van der Waals surface area contributed by atoms with Gasteiger partial charge in [-0.05, 0) is 30.8 Å². The molecule has 1 aliphatic heterocycles. The van der Waals surface area contributed by atoms with E-state index in [-0.39, 0.29) is 5.91 Å². The third kappa shape index (κ3) is 1.87. The second kappa shape index (κ2) is 3.96. The van der Waals surface area contributed by atoms with Crippen LogP contribution in [0.5, 0.6) is 0 Å². The summed E-state index contributed by atoms with van der Waals surface area (Å²) in [5.41, 5.74) is 5.47. The number of nitrogens with two attached hydrogens (primary N) is 1. The number of hydrogen-bond donors (Lipinski definition) is 1. The Morgan fingerprint density at radius 2 is 2.14 bits per heavy atom. The van der Waals surface area contributed by atoms with Gasteiger partial charge in [-0.1, -0.05) is 0 Å². The largest absolute Gasteiger partial charge is 0.383 e. The van der Waals surface area contributed by atoms with E-state index >= 15 is 0 Å². The topological polar surface area (TPSA) is 59.2 Å². The Balaban J connectivity index is 2.07. The molecule has 1 aromatic heterocycles. The maximum absolute atomic E-state index is 11.9. The highest BCUT2D eigenvalue weighted by Crippen LogP contribution is 2.17. The average molecular weight is 211 g/mol. The molecule has 1 saturated heterocycles. The minimum absolute atomic E-state index is 0.0823. The Hall–Kier alpha value is -1.10. The lowest BCUT2D eigenvalue weighted by Crippen LogP contribution is -2.35. The van der Waals surface area contributed by atoms with Crippen molar-refractivity contribution >= 4 is 23.3 Å². The highest BCUT2D eigenvalue weighted by atomic mass is 32.1. The van der Waals surface area contributed by atoms with E-state index < -0.39 is 0 Å². The zero-order valence-electron chi connectivity index (χ0n) is 7.90. The van der Waals surface area contributed by atoms with Gasteiger partial charge in [0.25, 0.3) is 5.91 Å². The summed E-state index contributed by atoms with van der Waals surface area (Å²) in [6.07, 6.45) is 3.45. The van der Waals surface area contributed by atoms with Crippen LogP contribution in [0.3, 0.4) is 0 Å². The molecule has 2 rings (SSSR count). The molecule has 0 bridgehead atoms. The third-order valence-electron chi connectivity index (χ3n) is 2.38. The van der Waals surface area contributed by atoms with Gasteiger partial charge in [0.2, 0.25) is 0 Å². The predicted molar refractivity (Wildman–Crippen MR) is 56.3 cm³/mol. The van der Waals surface area contributed by atoms with Gasteiger partial charge in [-0.3, -0.25) is 4.79 Å². The van der Waals surface area contributed by atoms with E-state index in [0.29, 0.717) is 10.7 Å². The van der Waals surface area contributed by atoms with Gasteiger partial charge < -0.3 is 10.6 Å². The highest BCUT2D eigenvalue weighted by Gasteiger charge is 2.19.